The zero-order chi connectivity index (χ0) is 37.7. The molecule has 1 fully saturated rings. The molecule has 0 aliphatic carbocycles. The number of alkyl halides is 2. The Morgan fingerprint density at radius 2 is 2.04 bits per heavy atom. The lowest BCUT2D eigenvalue weighted by molar-refractivity contribution is -0.0198. The van der Waals surface area contributed by atoms with Gasteiger partial charge in [0.05, 0.1) is 47.3 Å². The van der Waals surface area contributed by atoms with Gasteiger partial charge >= 0.3 is 5.97 Å². The maximum absolute atomic E-state index is 14.0. The van der Waals surface area contributed by atoms with Crippen LogP contribution in [-0.4, -0.2) is 74.1 Å². The largest absolute Gasteiger partial charge is 0.478 e. The summed E-state index contributed by atoms with van der Waals surface area (Å²) in [6, 6.07) is 7.49. The topological polar surface area (TPSA) is 128 Å². The Bertz CT molecular complexity index is 2430. The molecule has 1 aliphatic heterocycles. The number of carboxylic acid groups (broad SMARTS) is 1. The number of piperidine rings is 1. The van der Waals surface area contributed by atoms with Crippen LogP contribution in [0.1, 0.15) is 51.2 Å². The third-order valence-electron chi connectivity index (χ3n) is 8.19. The van der Waals surface area contributed by atoms with Crippen LogP contribution in [0.2, 0.25) is 5.02 Å². The summed E-state index contributed by atoms with van der Waals surface area (Å²) >= 11 is 7.61. The molecule has 4 aromatic heterocycles. The quantitative estimate of drug-likeness (QED) is 0.197. The first kappa shape index (κ1) is 30.1. The van der Waals surface area contributed by atoms with Crippen LogP contribution >= 0.6 is 22.9 Å². The summed E-state index contributed by atoms with van der Waals surface area (Å²) in [5.41, 5.74) is 1.85. The third-order valence-corrected chi connectivity index (χ3v) is 9.42. The van der Waals surface area contributed by atoms with Crippen molar-refractivity contribution in [1.82, 2.24) is 24.4 Å². The number of hydrogen-bond donors (Lipinski definition) is 1. The van der Waals surface area contributed by atoms with Crippen molar-refractivity contribution >= 4 is 55.8 Å². The van der Waals surface area contributed by atoms with Gasteiger partial charge in [0.15, 0.2) is 0 Å². The van der Waals surface area contributed by atoms with Gasteiger partial charge in [0.2, 0.25) is 0 Å². The molecule has 5 aromatic rings. The van der Waals surface area contributed by atoms with Gasteiger partial charge < -0.3 is 10.0 Å². The first-order chi connectivity index (χ1) is 24.5. The minimum absolute atomic E-state index is 0.0203. The van der Waals surface area contributed by atoms with E-state index in [1.165, 1.54) is 45.6 Å². The molecule has 1 aliphatic rings. The van der Waals surface area contributed by atoms with Gasteiger partial charge in [0.1, 0.15) is 23.3 Å². The van der Waals surface area contributed by atoms with Crippen LogP contribution < -0.4 is 10.5 Å². The SMILES string of the molecule is [2H]C1(N(C)c2ncc3nc(C)n(CC#Cc4ccc(Cl)cc4-c4ccnc5c(C(=O)O)csc45)c(=O)c3c2C#N)CCN(C([2H])([2H])C(C)(F)F)CC1. The maximum atomic E-state index is 14.0. The van der Waals surface area contributed by atoms with Gasteiger partial charge in [0, 0.05) is 69.1 Å². The highest BCUT2D eigenvalue weighted by molar-refractivity contribution is 7.18. The van der Waals surface area contributed by atoms with E-state index >= 15 is 0 Å². The number of benzene rings is 1. The highest BCUT2D eigenvalue weighted by atomic mass is 35.5. The van der Waals surface area contributed by atoms with Gasteiger partial charge in [-0.15, -0.1) is 11.3 Å². The van der Waals surface area contributed by atoms with Crippen molar-refractivity contribution in [3.8, 4) is 29.0 Å². The summed E-state index contributed by atoms with van der Waals surface area (Å²) in [4.78, 5) is 41.3. The number of aromatic carboxylic acids is 1. The molecule has 6 rings (SSSR count). The first-order valence-corrected chi connectivity index (χ1v) is 16.3. The molecule has 1 N–H and O–H groups in total. The summed E-state index contributed by atoms with van der Waals surface area (Å²) in [5, 5.41) is 21.8. The number of carbonyl (C=O) groups is 1. The van der Waals surface area contributed by atoms with Gasteiger partial charge in [-0.1, -0.05) is 23.4 Å². The predicted octanol–water partition coefficient (Wildman–Crippen LogP) is 6.21. The van der Waals surface area contributed by atoms with Crippen molar-refractivity contribution in [3.05, 3.63) is 79.9 Å². The van der Waals surface area contributed by atoms with Crippen molar-refractivity contribution in [2.45, 2.75) is 45.2 Å². The smallest absolute Gasteiger partial charge is 0.338 e. The van der Waals surface area contributed by atoms with Crippen molar-refractivity contribution in [3.63, 3.8) is 0 Å². The lowest BCUT2D eigenvalue weighted by atomic mass is 10.00. The number of rotatable bonds is 7. The van der Waals surface area contributed by atoms with Crippen LogP contribution in [0.5, 0.6) is 0 Å². The second-order valence-electron chi connectivity index (χ2n) is 11.5. The minimum atomic E-state index is -3.62. The van der Waals surface area contributed by atoms with Crippen molar-refractivity contribution < 1.29 is 22.8 Å². The maximum Gasteiger partial charge on any atom is 0.338 e. The molecular formula is C35H30ClF2N7O3S. The molecule has 0 radical (unpaired) electrons. The molecule has 0 saturated carbocycles. The number of nitriles is 1. The van der Waals surface area contributed by atoms with Gasteiger partial charge in [-0.2, -0.15) is 5.26 Å². The number of aromatic nitrogens is 4. The molecule has 1 aromatic carbocycles. The van der Waals surface area contributed by atoms with E-state index in [0.717, 1.165) is 4.90 Å². The van der Waals surface area contributed by atoms with Gasteiger partial charge in [-0.3, -0.25) is 19.2 Å². The van der Waals surface area contributed by atoms with E-state index in [4.69, 9.17) is 15.7 Å². The highest BCUT2D eigenvalue weighted by Gasteiger charge is 2.31. The van der Waals surface area contributed by atoms with Crippen LogP contribution in [0.4, 0.5) is 14.6 Å². The van der Waals surface area contributed by atoms with Gasteiger partial charge in [-0.05, 0) is 44.0 Å². The summed E-state index contributed by atoms with van der Waals surface area (Å²) in [6.45, 7) is -1.14. The van der Waals surface area contributed by atoms with Crippen LogP contribution in [0.25, 0.3) is 32.2 Å². The molecule has 14 heteroatoms. The monoisotopic (exact) mass is 704 g/mol. The Balaban J connectivity index is 1.34. The Morgan fingerprint density at radius 1 is 1.29 bits per heavy atom. The van der Waals surface area contributed by atoms with Gasteiger partial charge in [-0.25, -0.2) is 23.5 Å². The number of thiophene rings is 1. The van der Waals surface area contributed by atoms with Crippen molar-refractivity contribution in [2.75, 3.05) is 31.5 Å². The second-order valence-corrected chi connectivity index (χ2v) is 12.8. The van der Waals surface area contributed by atoms with E-state index in [9.17, 15) is 28.7 Å². The van der Waals surface area contributed by atoms with E-state index < -0.39 is 30.0 Å². The van der Waals surface area contributed by atoms with Crippen LogP contribution in [0.3, 0.4) is 0 Å². The molecule has 1 saturated heterocycles. The zero-order valence-corrected chi connectivity index (χ0v) is 28.1. The first-order valence-electron chi connectivity index (χ1n) is 16.5. The molecule has 10 nitrogen and oxygen atoms in total. The van der Waals surface area contributed by atoms with Gasteiger partial charge in [0.25, 0.3) is 11.5 Å². The number of hydrogen-bond acceptors (Lipinski definition) is 9. The summed E-state index contributed by atoms with van der Waals surface area (Å²) in [7, 11) is 1.53. The minimum Gasteiger partial charge on any atom is -0.478 e. The average Bonchev–Trinajstić information content (AvgIpc) is 3.54. The number of likely N-dealkylation sites (tertiary alicyclic amines) is 1. The Kier molecular flexibility index (Phi) is 8.31. The number of aryl methyl sites for hydroxylation is 1. The number of halogens is 3. The highest BCUT2D eigenvalue weighted by Crippen LogP contribution is 2.36. The van der Waals surface area contributed by atoms with E-state index in [1.807, 2.05) is 0 Å². The van der Waals surface area contributed by atoms with Crippen LogP contribution in [-0.2, 0) is 6.54 Å². The molecule has 0 bridgehead atoms. The number of carboxylic acids is 1. The molecule has 0 atom stereocenters. The molecule has 5 heterocycles. The fourth-order valence-electron chi connectivity index (χ4n) is 5.85. The standard InChI is InChI=1S/C35H30ClF2N7O3S/c1-20-42-28-17-41-32(43(3)23-9-13-44(14-10-23)19-35(2,37)38)26(16-39)29(28)33(46)45(20)12-4-5-21-6-7-22(36)15-25(21)24-8-11-40-30-27(34(47)48)18-49-31(24)30/h6-8,11,15,17-18,23H,9-10,12-14,19H2,1-3H3,(H,47,48)/i19D2,23D. The van der Waals surface area contributed by atoms with E-state index in [1.54, 1.807) is 31.2 Å². The number of anilines is 1. The molecule has 0 spiro atoms. The molecule has 250 valence electrons. The van der Waals surface area contributed by atoms with Crippen molar-refractivity contribution in [1.29, 1.82) is 5.26 Å². The number of fused-ring (bicyclic) bond motifs is 2. The fourth-order valence-corrected chi connectivity index (χ4v) is 7.05. The lowest BCUT2D eigenvalue weighted by Gasteiger charge is -2.38. The molecule has 0 unspecified atom stereocenters. The predicted molar refractivity (Wildman–Crippen MR) is 186 cm³/mol. The van der Waals surface area contributed by atoms with E-state index in [-0.39, 0.29) is 60.3 Å². The second kappa shape index (κ2) is 13.5. The Hall–Kier alpha value is -4.95. The van der Waals surface area contributed by atoms with Crippen LogP contribution in [0, 0.1) is 30.1 Å². The summed E-state index contributed by atoms with van der Waals surface area (Å²) in [6.07, 6.45) is 2.81. The molecular weight excluding hydrogens is 672 g/mol. The molecule has 49 heavy (non-hydrogen) atoms. The summed E-state index contributed by atoms with van der Waals surface area (Å²) < 4.78 is 54.9. The summed E-state index contributed by atoms with van der Waals surface area (Å²) in [5.74, 6) is 1.76. The van der Waals surface area contributed by atoms with Crippen LogP contribution in [0.15, 0.2) is 46.8 Å². The Morgan fingerprint density at radius 3 is 2.73 bits per heavy atom. The van der Waals surface area contributed by atoms with E-state index in [2.05, 4.69) is 32.9 Å². The lowest BCUT2D eigenvalue weighted by Crippen LogP contribution is -2.46. The van der Waals surface area contributed by atoms with Crippen molar-refractivity contribution in [2.24, 2.45) is 0 Å². The third kappa shape index (κ3) is 6.83. The fraction of sp³-hybridized carbons (Fsp3) is 0.314. The zero-order valence-electron chi connectivity index (χ0n) is 29.5. The van der Waals surface area contributed by atoms with E-state index in [0.29, 0.717) is 44.7 Å². The Labute approximate surface area is 293 Å². The average molecular weight is 705 g/mol. The number of pyridine rings is 2. The molecule has 0 amide bonds. The number of nitrogens with zero attached hydrogens (tertiary/aromatic N) is 7. The normalized spacial score (nSPS) is 15.9.